The highest BCUT2D eigenvalue weighted by Crippen LogP contribution is 2.27. The highest BCUT2D eigenvalue weighted by Gasteiger charge is 2.32. The average Bonchev–Trinajstić information content (AvgIpc) is 2.85. The number of halogens is 1. The van der Waals surface area contributed by atoms with Crippen molar-refractivity contribution in [1.29, 1.82) is 0 Å². The van der Waals surface area contributed by atoms with Crippen LogP contribution in [0.4, 0.5) is 5.69 Å². The third kappa shape index (κ3) is 6.49. The van der Waals surface area contributed by atoms with Gasteiger partial charge in [-0.1, -0.05) is 70.0 Å². The minimum Gasteiger partial charge on any atom is -0.357 e. The van der Waals surface area contributed by atoms with E-state index in [-0.39, 0.29) is 17.3 Å². The first-order valence-electron chi connectivity index (χ1n) is 11.0. The van der Waals surface area contributed by atoms with Crippen molar-refractivity contribution in [3.63, 3.8) is 0 Å². The lowest BCUT2D eigenvalue weighted by Crippen LogP contribution is -2.50. The smallest absolute Gasteiger partial charge is 0.264 e. The van der Waals surface area contributed by atoms with E-state index in [0.29, 0.717) is 10.2 Å². The summed E-state index contributed by atoms with van der Waals surface area (Å²) in [5.41, 5.74) is 2.08. The Bertz CT molecular complexity index is 1280. The summed E-state index contributed by atoms with van der Waals surface area (Å²) in [5, 5.41) is 2.57. The number of hydrogen-bond acceptors (Lipinski definition) is 4. The Labute approximate surface area is 214 Å². The van der Waals surface area contributed by atoms with Crippen LogP contribution in [0.2, 0.25) is 0 Å². The van der Waals surface area contributed by atoms with Crippen molar-refractivity contribution < 1.29 is 18.0 Å². The van der Waals surface area contributed by atoms with Crippen molar-refractivity contribution in [2.75, 3.05) is 17.9 Å². The molecular formula is C26H28BrN3O4S. The molecule has 0 aromatic heterocycles. The highest BCUT2D eigenvalue weighted by molar-refractivity contribution is 9.10. The fourth-order valence-electron chi connectivity index (χ4n) is 3.57. The van der Waals surface area contributed by atoms with Gasteiger partial charge >= 0.3 is 0 Å². The van der Waals surface area contributed by atoms with Crippen LogP contribution in [-0.4, -0.2) is 44.8 Å². The Morgan fingerprint density at radius 1 is 0.971 bits per heavy atom. The number of nitrogens with zero attached hydrogens (tertiary/aromatic N) is 2. The van der Waals surface area contributed by atoms with Crippen LogP contribution in [0.1, 0.15) is 18.1 Å². The first-order valence-corrected chi connectivity index (χ1v) is 13.3. The third-order valence-corrected chi connectivity index (χ3v) is 7.87. The normalized spacial score (nSPS) is 12.0. The van der Waals surface area contributed by atoms with Crippen LogP contribution in [-0.2, 0) is 26.2 Å². The van der Waals surface area contributed by atoms with Gasteiger partial charge in [0.05, 0.1) is 10.6 Å². The maximum atomic E-state index is 13.7. The Hall–Kier alpha value is -3.17. The minimum absolute atomic E-state index is 0.0739. The SMILES string of the molecule is CNC(=O)[C@@H](C)N(Cc1ccccc1)C(=O)CN(c1cccc(Br)c1)S(=O)(=O)c1ccc(C)cc1. The van der Waals surface area contributed by atoms with Gasteiger partial charge in [0.1, 0.15) is 12.6 Å². The van der Waals surface area contributed by atoms with Gasteiger partial charge in [-0.15, -0.1) is 0 Å². The van der Waals surface area contributed by atoms with Gasteiger partial charge in [0.15, 0.2) is 0 Å². The van der Waals surface area contributed by atoms with E-state index in [1.807, 2.05) is 37.3 Å². The number of sulfonamides is 1. The second kappa shape index (κ2) is 11.5. The molecule has 0 unspecified atom stereocenters. The average molecular weight is 558 g/mol. The summed E-state index contributed by atoms with van der Waals surface area (Å²) in [5.74, 6) is -0.842. The lowest BCUT2D eigenvalue weighted by molar-refractivity contribution is -0.139. The van der Waals surface area contributed by atoms with E-state index in [0.717, 1.165) is 15.4 Å². The largest absolute Gasteiger partial charge is 0.357 e. The zero-order chi connectivity index (χ0) is 25.6. The molecule has 0 heterocycles. The molecule has 1 N–H and O–H groups in total. The second-order valence-corrected chi connectivity index (χ2v) is 10.9. The molecule has 0 radical (unpaired) electrons. The van der Waals surface area contributed by atoms with Crippen molar-refractivity contribution in [2.24, 2.45) is 0 Å². The molecule has 0 aliphatic heterocycles. The first kappa shape index (κ1) is 26.4. The molecule has 0 bridgehead atoms. The molecule has 0 saturated heterocycles. The molecular weight excluding hydrogens is 530 g/mol. The number of anilines is 1. The minimum atomic E-state index is -4.08. The molecule has 7 nitrogen and oxygen atoms in total. The maximum absolute atomic E-state index is 13.7. The summed E-state index contributed by atoms with van der Waals surface area (Å²) in [4.78, 5) is 27.6. The van der Waals surface area contributed by atoms with E-state index in [1.54, 1.807) is 43.3 Å². The quantitative estimate of drug-likeness (QED) is 0.428. The summed E-state index contributed by atoms with van der Waals surface area (Å²) in [7, 11) is -2.58. The molecule has 2 amide bonds. The number of carbonyl (C=O) groups excluding carboxylic acids is 2. The molecule has 0 fully saturated rings. The Balaban J connectivity index is 2.02. The van der Waals surface area contributed by atoms with Crippen LogP contribution in [0.5, 0.6) is 0 Å². The molecule has 0 saturated carbocycles. The van der Waals surface area contributed by atoms with Gasteiger partial charge in [0.25, 0.3) is 10.0 Å². The molecule has 9 heteroatoms. The number of benzene rings is 3. The van der Waals surface area contributed by atoms with Crippen LogP contribution < -0.4 is 9.62 Å². The third-order valence-electron chi connectivity index (χ3n) is 5.59. The summed E-state index contributed by atoms with van der Waals surface area (Å²) >= 11 is 3.38. The molecule has 0 aliphatic rings. The second-order valence-electron chi connectivity index (χ2n) is 8.10. The van der Waals surface area contributed by atoms with Crippen LogP contribution in [0, 0.1) is 6.92 Å². The van der Waals surface area contributed by atoms with E-state index in [2.05, 4.69) is 21.2 Å². The lowest BCUT2D eigenvalue weighted by Gasteiger charge is -2.31. The van der Waals surface area contributed by atoms with Crippen LogP contribution in [0.3, 0.4) is 0 Å². The predicted molar refractivity (Wildman–Crippen MR) is 140 cm³/mol. The molecule has 3 aromatic carbocycles. The number of likely N-dealkylation sites (N-methyl/N-ethyl adjacent to an activating group) is 1. The topological polar surface area (TPSA) is 86.8 Å². The molecule has 3 rings (SSSR count). The van der Waals surface area contributed by atoms with Gasteiger partial charge in [-0.25, -0.2) is 8.42 Å². The fourth-order valence-corrected chi connectivity index (χ4v) is 5.36. The van der Waals surface area contributed by atoms with Gasteiger partial charge in [-0.2, -0.15) is 0 Å². The van der Waals surface area contributed by atoms with Crippen molar-refractivity contribution >= 4 is 43.5 Å². The summed E-state index contributed by atoms with van der Waals surface area (Å²) < 4.78 is 29.1. The fraction of sp³-hybridized carbons (Fsp3) is 0.231. The van der Waals surface area contributed by atoms with Gasteiger partial charge in [-0.3, -0.25) is 13.9 Å². The predicted octanol–water partition coefficient (Wildman–Crippen LogP) is 4.12. The van der Waals surface area contributed by atoms with Crippen molar-refractivity contribution in [1.82, 2.24) is 10.2 Å². The number of amides is 2. The van der Waals surface area contributed by atoms with Crippen molar-refractivity contribution in [2.45, 2.75) is 31.3 Å². The van der Waals surface area contributed by atoms with E-state index in [9.17, 15) is 18.0 Å². The zero-order valence-electron chi connectivity index (χ0n) is 19.8. The van der Waals surface area contributed by atoms with E-state index < -0.39 is 28.5 Å². The summed E-state index contributed by atoms with van der Waals surface area (Å²) in [6.07, 6.45) is 0. The highest BCUT2D eigenvalue weighted by atomic mass is 79.9. The number of rotatable bonds is 9. The standard InChI is InChI=1S/C26H28BrN3O4S/c1-19-12-14-24(15-13-19)35(33,34)30(23-11-7-10-22(27)16-23)18-25(31)29(20(2)26(32)28-3)17-21-8-5-4-6-9-21/h4-16,20H,17-18H2,1-3H3,(H,28,32)/t20-/m1/s1. The molecule has 0 aliphatic carbocycles. The van der Waals surface area contributed by atoms with Crippen molar-refractivity contribution in [3.8, 4) is 0 Å². The number of hydrogen-bond donors (Lipinski definition) is 1. The molecule has 35 heavy (non-hydrogen) atoms. The van der Waals surface area contributed by atoms with E-state index in [1.165, 1.54) is 24.1 Å². The van der Waals surface area contributed by atoms with E-state index in [4.69, 9.17) is 0 Å². The van der Waals surface area contributed by atoms with Crippen LogP contribution in [0.15, 0.2) is 88.2 Å². The zero-order valence-corrected chi connectivity index (χ0v) is 22.2. The van der Waals surface area contributed by atoms with Gasteiger partial charge in [0, 0.05) is 18.1 Å². The van der Waals surface area contributed by atoms with E-state index >= 15 is 0 Å². The maximum Gasteiger partial charge on any atom is 0.264 e. The Kier molecular flexibility index (Phi) is 8.69. The molecule has 0 spiro atoms. The van der Waals surface area contributed by atoms with Crippen molar-refractivity contribution in [3.05, 3.63) is 94.5 Å². The molecule has 184 valence electrons. The van der Waals surface area contributed by atoms with Gasteiger partial charge in [0.2, 0.25) is 11.8 Å². The number of aryl methyl sites for hydroxylation is 1. The van der Waals surface area contributed by atoms with Crippen LogP contribution in [0.25, 0.3) is 0 Å². The lowest BCUT2D eigenvalue weighted by atomic mass is 10.1. The summed E-state index contributed by atoms with van der Waals surface area (Å²) in [6.45, 7) is 3.18. The number of carbonyl (C=O) groups is 2. The first-order chi connectivity index (χ1) is 16.6. The van der Waals surface area contributed by atoms with Gasteiger partial charge in [-0.05, 0) is 49.7 Å². The monoisotopic (exact) mass is 557 g/mol. The van der Waals surface area contributed by atoms with Crippen LogP contribution >= 0.6 is 15.9 Å². The Morgan fingerprint density at radius 3 is 2.23 bits per heavy atom. The number of nitrogens with one attached hydrogen (secondary N) is 1. The summed E-state index contributed by atoms with van der Waals surface area (Å²) in [6, 6.07) is 21.7. The van der Waals surface area contributed by atoms with Gasteiger partial charge < -0.3 is 10.2 Å². The molecule has 3 aromatic rings. The molecule has 1 atom stereocenters. The Morgan fingerprint density at radius 2 is 1.63 bits per heavy atom.